The summed E-state index contributed by atoms with van der Waals surface area (Å²) in [6.07, 6.45) is 1.68. The van der Waals surface area contributed by atoms with Gasteiger partial charge in [0.2, 0.25) is 0 Å². The fourth-order valence-electron chi connectivity index (χ4n) is 4.10. The van der Waals surface area contributed by atoms with Crippen molar-refractivity contribution in [3.05, 3.63) is 100 Å². The monoisotopic (exact) mass is 522 g/mol. The maximum absolute atomic E-state index is 10.1. The van der Waals surface area contributed by atoms with Gasteiger partial charge in [-0.2, -0.15) is 15.6 Å². The lowest BCUT2D eigenvalue weighted by Gasteiger charge is -2.22. The molecule has 0 saturated carbocycles. The van der Waals surface area contributed by atoms with E-state index < -0.39 is 0 Å². The van der Waals surface area contributed by atoms with Crippen molar-refractivity contribution in [3.63, 3.8) is 0 Å². The number of ether oxygens (including phenoxy) is 1. The van der Waals surface area contributed by atoms with Gasteiger partial charge in [-0.15, -0.1) is 0 Å². The van der Waals surface area contributed by atoms with Crippen LogP contribution < -0.4 is 15.4 Å². The summed E-state index contributed by atoms with van der Waals surface area (Å²) in [6, 6.07) is 26.9. The van der Waals surface area contributed by atoms with E-state index in [1.807, 2.05) is 72.8 Å². The van der Waals surface area contributed by atoms with Crippen molar-refractivity contribution in [1.82, 2.24) is 9.78 Å². The van der Waals surface area contributed by atoms with Crippen LogP contribution in [-0.4, -0.2) is 22.9 Å². The molecule has 0 unspecified atom stereocenters. The van der Waals surface area contributed by atoms with E-state index in [2.05, 4.69) is 36.0 Å². The number of nitrogens with zero attached hydrogens (tertiary/aromatic N) is 5. The smallest absolute Gasteiger partial charge is 0.145 e. The van der Waals surface area contributed by atoms with Gasteiger partial charge in [-0.3, -0.25) is 0 Å². The maximum atomic E-state index is 10.1. The zero-order valence-electron chi connectivity index (χ0n) is 21.2. The number of rotatable bonds is 9. The number of hydrogen-bond acceptors (Lipinski definition) is 6. The molecule has 0 saturated heterocycles. The van der Waals surface area contributed by atoms with E-state index in [9.17, 15) is 10.5 Å². The van der Waals surface area contributed by atoms with Gasteiger partial charge >= 0.3 is 0 Å². The molecule has 4 rings (SSSR count). The van der Waals surface area contributed by atoms with Gasteiger partial charge < -0.3 is 15.4 Å². The lowest BCUT2D eigenvalue weighted by molar-refractivity contribution is 0.305. The SMILES string of the molecule is CCN(CC)c1ccc(/C=C(/C#N)c2nn(-c3ccccc3)c(N)c2C#N)c(OCc2ccc(Cl)cc2)c1. The average Bonchev–Trinajstić information content (AvgIpc) is 3.29. The van der Waals surface area contributed by atoms with Crippen molar-refractivity contribution >= 4 is 34.8 Å². The molecule has 0 radical (unpaired) electrons. The Kier molecular flexibility index (Phi) is 8.33. The second-order valence-corrected chi connectivity index (χ2v) is 8.88. The molecule has 3 aromatic carbocycles. The van der Waals surface area contributed by atoms with Crippen LogP contribution in [0.3, 0.4) is 0 Å². The van der Waals surface area contributed by atoms with Crippen LogP contribution in [0.5, 0.6) is 5.75 Å². The van der Waals surface area contributed by atoms with Crippen LogP contribution in [0.25, 0.3) is 17.3 Å². The third-order valence-electron chi connectivity index (χ3n) is 6.14. The number of nitrogens with two attached hydrogens (primary N) is 1. The van der Waals surface area contributed by atoms with E-state index in [1.165, 1.54) is 4.68 Å². The van der Waals surface area contributed by atoms with E-state index in [1.54, 1.807) is 6.08 Å². The van der Waals surface area contributed by atoms with Gasteiger partial charge in [-0.05, 0) is 61.9 Å². The molecule has 0 aliphatic carbocycles. The van der Waals surface area contributed by atoms with Crippen molar-refractivity contribution in [2.24, 2.45) is 0 Å². The second-order valence-electron chi connectivity index (χ2n) is 8.45. The van der Waals surface area contributed by atoms with Crippen LogP contribution in [0.4, 0.5) is 11.5 Å². The van der Waals surface area contributed by atoms with Crippen molar-refractivity contribution in [1.29, 1.82) is 10.5 Å². The first-order chi connectivity index (χ1) is 18.5. The molecule has 7 nitrogen and oxygen atoms in total. The highest BCUT2D eigenvalue weighted by molar-refractivity contribution is 6.30. The molecule has 1 aromatic heterocycles. The van der Waals surface area contributed by atoms with Crippen molar-refractivity contribution in [2.45, 2.75) is 20.5 Å². The highest BCUT2D eigenvalue weighted by Gasteiger charge is 2.20. The van der Waals surface area contributed by atoms with Crippen LogP contribution in [0.15, 0.2) is 72.8 Å². The number of allylic oxidation sites excluding steroid dienone is 1. The van der Waals surface area contributed by atoms with Crippen molar-refractivity contribution in [2.75, 3.05) is 23.7 Å². The molecule has 2 N–H and O–H groups in total. The van der Waals surface area contributed by atoms with E-state index in [0.29, 0.717) is 28.6 Å². The van der Waals surface area contributed by atoms with Crippen LogP contribution in [0.1, 0.15) is 36.2 Å². The first-order valence-corrected chi connectivity index (χ1v) is 12.6. The summed E-state index contributed by atoms with van der Waals surface area (Å²) in [5.41, 5.74) is 10.2. The van der Waals surface area contributed by atoms with Gasteiger partial charge in [0, 0.05) is 35.4 Å². The number of para-hydroxylation sites is 1. The standard InChI is InChI=1S/C30H27ClN6O/c1-3-36(4-2)26-15-12-22(28(17-26)38-20-21-10-13-24(31)14-11-21)16-23(18-32)29-27(19-33)30(34)37(35-29)25-8-6-5-7-9-25/h5-17H,3-4,20,34H2,1-2H3/b23-16-. The molecule has 0 bridgehead atoms. The Morgan fingerprint density at radius 1 is 1.05 bits per heavy atom. The zero-order chi connectivity index (χ0) is 27.1. The molecule has 0 spiro atoms. The first kappa shape index (κ1) is 26.3. The third kappa shape index (κ3) is 5.64. The minimum Gasteiger partial charge on any atom is -0.488 e. The van der Waals surface area contributed by atoms with Crippen LogP contribution in [-0.2, 0) is 6.61 Å². The number of nitrogen functional groups attached to an aromatic ring is 1. The molecule has 1 heterocycles. The Morgan fingerprint density at radius 2 is 1.76 bits per heavy atom. The zero-order valence-corrected chi connectivity index (χ0v) is 22.0. The number of anilines is 2. The fraction of sp³-hybridized carbons (Fsp3) is 0.167. The Morgan fingerprint density at radius 3 is 2.39 bits per heavy atom. The third-order valence-corrected chi connectivity index (χ3v) is 6.39. The second kappa shape index (κ2) is 12.0. The van der Waals surface area contributed by atoms with Crippen molar-refractivity contribution in [3.8, 4) is 23.6 Å². The van der Waals surface area contributed by atoms with Gasteiger partial charge in [-0.1, -0.05) is 41.9 Å². The first-order valence-electron chi connectivity index (χ1n) is 12.2. The van der Waals surface area contributed by atoms with Crippen LogP contribution >= 0.6 is 11.6 Å². The summed E-state index contributed by atoms with van der Waals surface area (Å²) < 4.78 is 7.71. The van der Waals surface area contributed by atoms with E-state index >= 15 is 0 Å². The van der Waals surface area contributed by atoms with E-state index in [-0.39, 0.29) is 22.6 Å². The molecule has 0 aliphatic heterocycles. The molecule has 0 aliphatic rings. The molecular weight excluding hydrogens is 496 g/mol. The molecule has 0 amide bonds. The Hall–Kier alpha value is -4.72. The van der Waals surface area contributed by atoms with Crippen LogP contribution in [0, 0.1) is 22.7 Å². The van der Waals surface area contributed by atoms with Gasteiger partial charge in [0.25, 0.3) is 0 Å². The topological polar surface area (TPSA) is 104 Å². The lowest BCUT2D eigenvalue weighted by atomic mass is 10.0. The largest absolute Gasteiger partial charge is 0.488 e. The highest BCUT2D eigenvalue weighted by Crippen LogP contribution is 2.32. The van der Waals surface area contributed by atoms with Gasteiger partial charge in [-0.25, -0.2) is 4.68 Å². The van der Waals surface area contributed by atoms with Crippen LogP contribution in [0.2, 0.25) is 5.02 Å². The number of benzene rings is 3. The predicted octanol–water partition coefficient (Wildman–Crippen LogP) is 6.47. The summed E-state index contributed by atoms with van der Waals surface area (Å²) in [5.74, 6) is 0.775. The molecular formula is C30H27ClN6O. The summed E-state index contributed by atoms with van der Waals surface area (Å²) in [5, 5.41) is 25.1. The highest BCUT2D eigenvalue weighted by atomic mass is 35.5. The quantitative estimate of drug-likeness (QED) is 0.253. The lowest BCUT2D eigenvalue weighted by Crippen LogP contribution is -2.21. The molecule has 0 atom stereocenters. The van der Waals surface area contributed by atoms with E-state index in [0.717, 1.165) is 24.3 Å². The predicted molar refractivity (Wildman–Crippen MR) is 152 cm³/mol. The van der Waals surface area contributed by atoms with Gasteiger partial charge in [0.15, 0.2) is 0 Å². The molecule has 0 fully saturated rings. The summed E-state index contributed by atoms with van der Waals surface area (Å²) in [4.78, 5) is 2.21. The summed E-state index contributed by atoms with van der Waals surface area (Å²) in [6.45, 7) is 6.19. The number of aromatic nitrogens is 2. The normalized spacial score (nSPS) is 11.0. The fourth-order valence-corrected chi connectivity index (χ4v) is 4.23. The Labute approximate surface area is 227 Å². The Balaban J connectivity index is 1.78. The summed E-state index contributed by atoms with van der Waals surface area (Å²) in [7, 11) is 0. The average molecular weight is 523 g/mol. The van der Waals surface area contributed by atoms with E-state index in [4.69, 9.17) is 22.1 Å². The summed E-state index contributed by atoms with van der Waals surface area (Å²) >= 11 is 6.03. The minimum absolute atomic E-state index is 0.144. The maximum Gasteiger partial charge on any atom is 0.145 e. The number of nitriles is 2. The van der Waals surface area contributed by atoms with Crippen molar-refractivity contribution < 1.29 is 4.74 Å². The molecule has 190 valence electrons. The molecule has 38 heavy (non-hydrogen) atoms. The minimum atomic E-state index is 0.144. The Bertz CT molecular complexity index is 1520. The molecule has 8 heteroatoms. The van der Waals surface area contributed by atoms with Gasteiger partial charge in [0.1, 0.15) is 41.6 Å². The number of halogens is 1. The van der Waals surface area contributed by atoms with Gasteiger partial charge in [0.05, 0.1) is 11.3 Å². The number of hydrogen-bond donors (Lipinski definition) is 1. The molecule has 4 aromatic rings.